The number of hydrogen-bond donors (Lipinski definition) is 3. The summed E-state index contributed by atoms with van der Waals surface area (Å²) < 4.78 is 12.4. The van der Waals surface area contributed by atoms with Crippen molar-refractivity contribution in [2.45, 2.75) is 70.4 Å². The molecule has 2 fully saturated rings. The Morgan fingerprint density at radius 3 is 2.59 bits per heavy atom. The highest BCUT2D eigenvalue weighted by Gasteiger charge is 2.32. The largest absolute Gasteiger partial charge is 0.411 e. The number of nitrogens with two attached hydrogens (primary N) is 1. The molecule has 2 aromatic rings. The zero-order valence-corrected chi connectivity index (χ0v) is 22.7. The summed E-state index contributed by atoms with van der Waals surface area (Å²) in [4.78, 5) is 25.3. The molecule has 0 radical (unpaired) electrons. The van der Waals surface area contributed by atoms with E-state index in [2.05, 4.69) is 27.4 Å². The molecule has 3 heterocycles. The molecule has 3 aliphatic rings. The molecule has 0 spiro atoms. The van der Waals surface area contributed by atoms with E-state index < -0.39 is 18.1 Å². The van der Waals surface area contributed by atoms with Crippen molar-refractivity contribution in [3.8, 4) is 12.8 Å². The molecule has 0 bridgehead atoms. The summed E-state index contributed by atoms with van der Waals surface area (Å²) in [7, 11) is 0. The number of aliphatic hydroxyl groups excluding tert-OH is 1. The van der Waals surface area contributed by atoms with Crippen LogP contribution in [0.4, 0.5) is 4.79 Å². The Labute approximate surface area is 233 Å². The third-order valence-electron chi connectivity index (χ3n) is 7.55. The van der Waals surface area contributed by atoms with Crippen molar-refractivity contribution in [2.75, 3.05) is 13.2 Å². The number of ether oxygens (including phenoxy) is 2. The minimum absolute atomic E-state index is 0.0225. The predicted octanol–water partition coefficient (Wildman–Crippen LogP) is 4.84. The molecule has 1 aliphatic heterocycles. The van der Waals surface area contributed by atoms with Crippen LogP contribution >= 0.6 is 11.6 Å². The normalized spacial score (nSPS) is 19.4. The van der Waals surface area contributed by atoms with Gasteiger partial charge in [0.15, 0.2) is 5.65 Å². The number of hydrogen-bond acceptors (Lipinski definition) is 8. The van der Waals surface area contributed by atoms with Gasteiger partial charge < -0.3 is 24.9 Å². The monoisotopic (exact) mass is 554 g/mol. The third-order valence-corrected chi connectivity index (χ3v) is 7.81. The lowest BCUT2D eigenvalue weighted by atomic mass is 9.88. The summed E-state index contributed by atoms with van der Waals surface area (Å²) in [6, 6.07) is 0. The van der Waals surface area contributed by atoms with Crippen LogP contribution in [0.25, 0.3) is 16.7 Å². The first-order chi connectivity index (χ1) is 18.9. The van der Waals surface area contributed by atoms with Crippen molar-refractivity contribution < 1.29 is 19.4 Å². The van der Waals surface area contributed by atoms with Crippen LogP contribution in [0.5, 0.6) is 0 Å². The molecule has 1 saturated carbocycles. The second kappa shape index (κ2) is 13.2. The van der Waals surface area contributed by atoms with Gasteiger partial charge in [0.25, 0.3) is 5.90 Å². The molecule has 2 aliphatic carbocycles. The molecule has 1 unspecified atom stereocenters. The number of imidazole rings is 1. The number of rotatable bonds is 6. The molecule has 1 amide bonds. The molecule has 1 atom stereocenters. The number of primary amides is 1. The zero-order valence-electron chi connectivity index (χ0n) is 21.9. The molecule has 10 nitrogen and oxygen atoms in total. The average Bonchev–Trinajstić information content (AvgIpc) is 3.32. The SMILES string of the molecule is C#C.N=C(OC(N)=O)c1nc(C2=CC(Cl)=CCC2)c2c(n1)nc(C(O)C1CCOCC1)n2CC1CCCCC1. The van der Waals surface area contributed by atoms with Crippen LogP contribution in [0.15, 0.2) is 17.2 Å². The van der Waals surface area contributed by atoms with Gasteiger partial charge in [0.05, 0.1) is 5.69 Å². The summed E-state index contributed by atoms with van der Waals surface area (Å²) in [6.45, 7) is 1.92. The number of fused-ring (bicyclic) bond motifs is 1. The first-order valence-corrected chi connectivity index (χ1v) is 13.8. The Morgan fingerprint density at radius 2 is 1.92 bits per heavy atom. The van der Waals surface area contributed by atoms with E-state index in [4.69, 9.17) is 37.2 Å². The minimum atomic E-state index is -1.11. The van der Waals surface area contributed by atoms with E-state index in [9.17, 15) is 9.90 Å². The fourth-order valence-corrected chi connectivity index (χ4v) is 5.90. The number of carbonyl (C=O) groups is 1. The fraction of sp³-hybridized carbons (Fsp3) is 0.536. The van der Waals surface area contributed by atoms with Crippen LogP contribution in [0, 0.1) is 30.1 Å². The van der Waals surface area contributed by atoms with E-state index in [0.717, 1.165) is 37.7 Å². The van der Waals surface area contributed by atoms with Crippen LogP contribution in [0.2, 0.25) is 0 Å². The minimum Gasteiger partial charge on any atom is -0.388 e. The summed E-state index contributed by atoms with van der Waals surface area (Å²) in [5.41, 5.74) is 7.66. The summed E-state index contributed by atoms with van der Waals surface area (Å²) in [5, 5.41) is 20.3. The summed E-state index contributed by atoms with van der Waals surface area (Å²) in [5.74, 6) is 0.388. The number of carbonyl (C=O) groups excluding carboxylic acids is 1. The van der Waals surface area contributed by atoms with Crippen molar-refractivity contribution in [3.05, 3.63) is 34.5 Å². The number of allylic oxidation sites excluding steroid dienone is 4. The van der Waals surface area contributed by atoms with Gasteiger partial charge in [-0.25, -0.2) is 19.7 Å². The average molecular weight is 555 g/mol. The molecule has 4 N–H and O–H groups in total. The number of aromatic nitrogens is 4. The number of amides is 1. The molecule has 0 aromatic carbocycles. The van der Waals surface area contributed by atoms with Gasteiger partial charge in [0.1, 0.15) is 17.4 Å². The Balaban J connectivity index is 0.00000172. The van der Waals surface area contributed by atoms with Gasteiger partial charge in [0.2, 0.25) is 5.82 Å². The molecule has 11 heteroatoms. The van der Waals surface area contributed by atoms with E-state index in [1.54, 1.807) is 0 Å². The predicted molar refractivity (Wildman–Crippen MR) is 149 cm³/mol. The van der Waals surface area contributed by atoms with E-state index >= 15 is 0 Å². The van der Waals surface area contributed by atoms with Gasteiger partial charge in [-0.15, -0.1) is 12.8 Å². The second-order valence-corrected chi connectivity index (χ2v) is 10.5. The fourth-order valence-electron chi connectivity index (χ4n) is 5.66. The molecule has 2 aromatic heterocycles. The lowest BCUT2D eigenvalue weighted by molar-refractivity contribution is 0.00231. The summed E-state index contributed by atoms with van der Waals surface area (Å²) in [6.07, 6.45) is 18.7. The number of aliphatic hydroxyl groups is 1. The molecular weight excluding hydrogens is 520 g/mol. The number of terminal acetylenes is 1. The topological polar surface area (TPSA) is 149 Å². The van der Waals surface area contributed by atoms with Gasteiger partial charge in [-0.3, -0.25) is 5.41 Å². The molecule has 208 valence electrons. The highest BCUT2D eigenvalue weighted by molar-refractivity contribution is 6.31. The first-order valence-electron chi connectivity index (χ1n) is 13.4. The van der Waals surface area contributed by atoms with Gasteiger partial charge >= 0.3 is 6.09 Å². The Hall–Kier alpha value is -3.26. The van der Waals surface area contributed by atoms with E-state index in [1.165, 1.54) is 19.3 Å². The van der Waals surface area contributed by atoms with Crippen LogP contribution in [0.1, 0.15) is 81.2 Å². The smallest absolute Gasteiger partial charge is 0.388 e. The molecule has 5 rings (SSSR count). The maximum atomic E-state index is 11.5. The number of nitrogens with one attached hydrogen (secondary N) is 1. The quantitative estimate of drug-likeness (QED) is 0.263. The number of halogens is 1. The number of nitrogens with zero attached hydrogens (tertiary/aromatic N) is 4. The Kier molecular flexibility index (Phi) is 9.73. The van der Waals surface area contributed by atoms with Gasteiger partial charge in [0, 0.05) is 24.8 Å². The van der Waals surface area contributed by atoms with Crippen LogP contribution in [-0.4, -0.2) is 49.8 Å². The molecule has 39 heavy (non-hydrogen) atoms. The lowest BCUT2D eigenvalue weighted by Crippen LogP contribution is -2.25. The van der Waals surface area contributed by atoms with Gasteiger partial charge in [-0.2, -0.15) is 0 Å². The summed E-state index contributed by atoms with van der Waals surface area (Å²) >= 11 is 6.38. The van der Waals surface area contributed by atoms with Crippen molar-refractivity contribution in [2.24, 2.45) is 17.6 Å². The maximum Gasteiger partial charge on any atom is 0.411 e. The van der Waals surface area contributed by atoms with E-state index in [-0.39, 0.29) is 11.7 Å². The zero-order chi connectivity index (χ0) is 27.9. The first kappa shape index (κ1) is 28.7. The molecule has 1 saturated heterocycles. The standard InChI is InChI=1S/C26H33ClN6O4.C2H2/c27-18-8-4-7-17(13-18)19-20-23(31-24(30-19)22(28)37-26(29)35)32-25(21(34)16-9-11-36-12-10-16)33(20)14-15-5-2-1-3-6-15;1-2/h8,13,15-16,21,28,34H,1-7,9-12,14H2,(H2,29,35);1-2H. The lowest BCUT2D eigenvalue weighted by Gasteiger charge is -2.28. The third kappa shape index (κ3) is 6.67. The van der Waals surface area contributed by atoms with Crippen molar-refractivity contribution >= 4 is 40.3 Å². The van der Waals surface area contributed by atoms with Crippen molar-refractivity contribution in [1.29, 1.82) is 5.41 Å². The highest BCUT2D eigenvalue weighted by Crippen LogP contribution is 2.37. The van der Waals surface area contributed by atoms with E-state index in [1.807, 2.05) is 12.2 Å². The molecular formula is C28H35ClN6O4. The van der Waals surface area contributed by atoms with Crippen LogP contribution in [-0.2, 0) is 16.0 Å². The van der Waals surface area contributed by atoms with Crippen LogP contribution in [0.3, 0.4) is 0 Å². The Morgan fingerprint density at radius 1 is 1.21 bits per heavy atom. The van der Waals surface area contributed by atoms with Crippen molar-refractivity contribution in [1.82, 2.24) is 19.5 Å². The second-order valence-electron chi connectivity index (χ2n) is 10.1. The van der Waals surface area contributed by atoms with E-state index in [0.29, 0.717) is 59.8 Å². The highest BCUT2D eigenvalue weighted by atomic mass is 35.5. The Bertz CT molecular complexity index is 1290. The van der Waals surface area contributed by atoms with Crippen LogP contribution < -0.4 is 5.73 Å². The van der Waals surface area contributed by atoms with Gasteiger partial charge in [-0.05, 0) is 62.0 Å². The van der Waals surface area contributed by atoms with Crippen molar-refractivity contribution in [3.63, 3.8) is 0 Å². The maximum absolute atomic E-state index is 11.5. The van der Waals surface area contributed by atoms with Gasteiger partial charge in [-0.1, -0.05) is 36.9 Å².